The maximum absolute atomic E-state index is 10.5. The zero-order chi connectivity index (χ0) is 13.5. The highest BCUT2D eigenvalue weighted by atomic mass is 16.5. The number of hydrazone groups is 1. The Morgan fingerprint density at radius 2 is 2.00 bits per heavy atom. The fraction of sp³-hybridized carbons (Fsp3) is 0.385. The SMILES string of the molecule is C/C(=N/NC(N)=O)c1ccc(OCC(C)C)cc1. The Hall–Kier alpha value is -2.04. The van der Waals surface area contributed by atoms with Gasteiger partial charge in [0.15, 0.2) is 0 Å². The van der Waals surface area contributed by atoms with Crippen LogP contribution in [0.4, 0.5) is 4.79 Å². The zero-order valence-electron chi connectivity index (χ0n) is 10.9. The average molecular weight is 249 g/mol. The first-order chi connectivity index (χ1) is 8.49. The van der Waals surface area contributed by atoms with E-state index in [1.54, 1.807) is 6.92 Å². The van der Waals surface area contributed by atoms with Crippen LogP contribution in [-0.2, 0) is 0 Å². The highest BCUT2D eigenvalue weighted by molar-refractivity contribution is 5.99. The number of rotatable bonds is 5. The van der Waals surface area contributed by atoms with E-state index in [0.717, 1.165) is 11.3 Å². The highest BCUT2D eigenvalue weighted by Gasteiger charge is 2.00. The predicted molar refractivity (Wildman–Crippen MR) is 71.7 cm³/mol. The molecule has 3 N–H and O–H groups in total. The quantitative estimate of drug-likeness (QED) is 0.619. The summed E-state index contributed by atoms with van der Waals surface area (Å²) >= 11 is 0. The Labute approximate surface area is 107 Å². The molecule has 0 unspecified atom stereocenters. The Morgan fingerprint density at radius 1 is 1.39 bits per heavy atom. The maximum atomic E-state index is 10.5. The van der Waals surface area contributed by atoms with E-state index in [9.17, 15) is 4.79 Å². The summed E-state index contributed by atoms with van der Waals surface area (Å²) < 4.78 is 5.57. The van der Waals surface area contributed by atoms with Crippen LogP contribution in [0.3, 0.4) is 0 Å². The summed E-state index contributed by atoms with van der Waals surface area (Å²) in [6.45, 7) is 6.68. The van der Waals surface area contributed by atoms with Crippen molar-refractivity contribution in [3.63, 3.8) is 0 Å². The average Bonchev–Trinajstić information content (AvgIpc) is 2.34. The Kier molecular flexibility index (Phi) is 5.17. The molecule has 0 fully saturated rings. The molecule has 0 bridgehead atoms. The van der Waals surface area contributed by atoms with E-state index < -0.39 is 6.03 Å². The van der Waals surface area contributed by atoms with Crippen molar-refractivity contribution in [1.29, 1.82) is 0 Å². The lowest BCUT2D eigenvalue weighted by Gasteiger charge is -2.09. The summed E-state index contributed by atoms with van der Waals surface area (Å²) in [6, 6.07) is 6.85. The molecule has 0 aromatic heterocycles. The maximum Gasteiger partial charge on any atom is 0.332 e. The van der Waals surface area contributed by atoms with E-state index in [-0.39, 0.29) is 0 Å². The van der Waals surface area contributed by atoms with Crippen molar-refractivity contribution in [2.45, 2.75) is 20.8 Å². The van der Waals surface area contributed by atoms with Crippen LogP contribution < -0.4 is 15.9 Å². The minimum Gasteiger partial charge on any atom is -0.493 e. The Balaban J connectivity index is 2.64. The Morgan fingerprint density at radius 3 is 2.50 bits per heavy atom. The van der Waals surface area contributed by atoms with Crippen LogP contribution in [0.2, 0.25) is 0 Å². The molecule has 0 aliphatic rings. The van der Waals surface area contributed by atoms with Gasteiger partial charge in [-0.05, 0) is 42.7 Å². The molecule has 0 saturated heterocycles. The molecule has 1 aromatic rings. The first kappa shape index (κ1) is 14.0. The van der Waals surface area contributed by atoms with Crippen LogP contribution in [-0.4, -0.2) is 18.3 Å². The fourth-order valence-electron chi connectivity index (χ4n) is 1.26. The van der Waals surface area contributed by atoms with Crippen LogP contribution in [0.25, 0.3) is 0 Å². The monoisotopic (exact) mass is 249 g/mol. The van der Waals surface area contributed by atoms with Gasteiger partial charge in [-0.2, -0.15) is 5.10 Å². The van der Waals surface area contributed by atoms with Crippen LogP contribution in [0.5, 0.6) is 5.75 Å². The number of nitrogens with zero attached hydrogens (tertiary/aromatic N) is 1. The number of nitrogens with one attached hydrogen (secondary N) is 1. The lowest BCUT2D eigenvalue weighted by Crippen LogP contribution is -2.25. The molecule has 0 atom stereocenters. The number of ether oxygens (including phenoxy) is 1. The second-order valence-electron chi connectivity index (χ2n) is 4.40. The van der Waals surface area contributed by atoms with Crippen molar-refractivity contribution in [2.75, 3.05) is 6.61 Å². The molecule has 18 heavy (non-hydrogen) atoms. The molecule has 0 heterocycles. The highest BCUT2D eigenvalue weighted by Crippen LogP contribution is 2.13. The van der Waals surface area contributed by atoms with Crippen molar-refractivity contribution < 1.29 is 9.53 Å². The molecule has 1 aromatic carbocycles. The van der Waals surface area contributed by atoms with Gasteiger partial charge in [0.1, 0.15) is 5.75 Å². The topological polar surface area (TPSA) is 76.7 Å². The first-order valence-electron chi connectivity index (χ1n) is 5.82. The number of hydrogen-bond acceptors (Lipinski definition) is 3. The zero-order valence-corrected chi connectivity index (χ0v) is 10.9. The van der Waals surface area contributed by atoms with Crippen molar-refractivity contribution >= 4 is 11.7 Å². The Bertz CT molecular complexity index is 424. The normalized spacial score (nSPS) is 11.4. The van der Waals surface area contributed by atoms with Gasteiger partial charge in [0, 0.05) is 0 Å². The van der Waals surface area contributed by atoms with Crippen LogP contribution in [0, 0.1) is 5.92 Å². The van der Waals surface area contributed by atoms with E-state index in [2.05, 4.69) is 24.4 Å². The summed E-state index contributed by atoms with van der Waals surface area (Å²) in [5.41, 5.74) is 8.72. The van der Waals surface area contributed by atoms with Gasteiger partial charge in [0.2, 0.25) is 0 Å². The van der Waals surface area contributed by atoms with Gasteiger partial charge >= 0.3 is 6.03 Å². The molecule has 0 spiro atoms. The number of hydrogen-bond donors (Lipinski definition) is 2. The van der Waals surface area contributed by atoms with Gasteiger partial charge in [-0.3, -0.25) is 0 Å². The molecule has 0 radical (unpaired) electrons. The van der Waals surface area contributed by atoms with Gasteiger partial charge in [-0.15, -0.1) is 0 Å². The number of benzene rings is 1. The summed E-state index contributed by atoms with van der Waals surface area (Å²) in [7, 11) is 0. The van der Waals surface area contributed by atoms with Crippen LogP contribution in [0.15, 0.2) is 29.4 Å². The second kappa shape index (κ2) is 6.64. The predicted octanol–water partition coefficient (Wildman–Crippen LogP) is 2.11. The molecule has 5 heteroatoms. The largest absolute Gasteiger partial charge is 0.493 e. The smallest absolute Gasteiger partial charge is 0.332 e. The summed E-state index contributed by atoms with van der Waals surface area (Å²) in [5, 5.41) is 3.85. The van der Waals surface area contributed by atoms with E-state index in [0.29, 0.717) is 18.2 Å². The summed E-state index contributed by atoms with van der Waals surface area (Å²) in [6.07, 6.45) is 0. The molecular weight excluding hydrogens is 230 g/mol. The standard InChI is InChI=1S/C13H19N3O2/c1-9(2)8-18-12-6-4-11(5-7-12)10(3)15-16-13(14)17/h4-7,9H,8H2,1-3H3,(H3,14,16,17)/b15-10-. The fourth-order valence-corrected chi connectivity index (χ4v) is 1.26. The number of carbonyl (C=O) groups excluding carboxylic acids is 1. The molecule has 0 saturated carbocycles. The van der Waals surface area contributed by atoms with Gasteiger partial charge < -0.3 is 10.5 Å². The molecule has 2 amide bonds. The lowest BCUT2D eigenvalue weighted by atomic mass is 10.1. The van der Waals surface area contributed by atoms with Gasteiger partial charge in [0.05, 0.1) is 12.3 Å². The molecule has 5 nitrogen and oxygen atoms in total. The molecule has 0 aliphatic heterocycles. The van der Waals surface area contributed by atoms with Crippen molar-refractivity contribution in [3.8, 4) is 5.75 Å². The van der Waals surface area contributed by atoms with E-state index in [1.807, 2.05) is 24.3 Å². The van der Waals surface area contributed by atoms with Crippen molar-refractivity contribution in [2.24, 2.45) is 16.8 Å². The number of urea groups is 1. The molecule has 1 rings (SSSR count). The molecule has 0 aliphatic carbocycles. The summed E-state index contributed by atoms with van der Waals surface area (Å²) in [5.74, 6) is 1.32. The van der Waals surface area contributed by atoms with Crippen molar-refractivity contribution in [1.82, 2.24) is 5.43 Å². The van der Waals surface area contributed by atoms with E-state index in [1.165, 1.54) is 0 Å². The third-order valence-corrected chi connectivity index (χ3v) is 2.19. The van der Waals surface area contributed by atoms with Gasteiger partial charge in [-0.25, -0.2) is 10.2 Å². The van der Waals surface area contributed by atoms with Gasteiger partial charge in [0.25, 0.3) is 0 Å². The third-order valence-electron chi connectivity index (χ3n) is 2.19. The van der Waals surface area contributed by atoms with E-state index >= 15 is 0 Å². The molecule has 98 valence electrons. The first-order valence-corrected chi connectivity index (χ1v) is 5.82. The minimum atomic E-state index is -0.675. The minimum absolute atomic E-state index is 0.493. The number of carbonyl (C=O) groups is 1. The number of nitrogens with two attached hydrogens (primary N) is 1. The second-order valence-corrected chi connectivity index (χ2v) is 4.40. The van der Waals surface area contributed by atoms with Crippen LogP contribution >= 0.6 is 0 Å². The van der Waals surface area contributed by atoms with Crippen molar-refractivity contribution in [3.05, 3.63) is 29.8 Å². The summed E-state index contributed by atoms with van der Waals surface area (Å²) in [4.78, 5) is 10.5. The number of primary amides is 1. The third kappa shape index (κ3) is 4.86. The van der Waals surface area contributed by atoms with E-state index in [4.69, 9.17) is 10.5 Å². The van der Waals surface area contributed by atoms with Gasteiger partial charge in [-0.1, -0.05) is 13.8 Å². The van der Waals surface area contributed by atoms with Crippen LogP contribution in [0.1, 0.15) is 26.3 Å². The number of amides is 2. The molecular formula is C13H19N3O2. The lowest BCUT2D eigenvalue weighted by molar-refractivity contribution is 0.249.